The first-order valence-corrected chi connectivity index (χ1v) is 7.54. The molecule has 5 nitrogen and oxygen atoms in total. The molecule has 1 heterocycles. The van der Waals surface area contributed by atoms with Crippen molar-refractivity contribution >= 4 is 22.6 Å². The van der Waals surface area contributed by atoms with Gasteiger partial charge in [0.2, 0.25) is 0 Å². The number of carbonyl (C=O) groups excluding carboxylic acids is 1. The molecule has 0 aliphatic heterocycles. The van der Waals surface area contributed by atoms with Gasteiger partial charge in [-0.05, 0) is 25.5 Å². The van der Waals surface area contributed by atoms with Crippen LogP contribution in [0.15, 0.2) is 18.3 Å². The van der Waals surface area contributed by atoms with Crippen LogP contribution in [0.2, 0.25) is 0 Å². The Hall–Kier alpha value is -1.43. The number of aromatic nitrogens is 1. The van der Waals surface area contributed by atoms with Gasteiger partial charge in [0.15, 0.2) is 0 Å². The smallest absolute Gasteiger partial charge is 0.341 e. The molecule has 0 amide bonds. The molecule has 0 spiro atoms. The largest absolute Gasteiger partial charge is 0.462 e. The van der Waals surface area contributed by atoms with Crippen molar-refractivity contribution in [3.63, 3.8) is 0 Å². The molecule has 18 heavy (non-hydrogen) atoms. The van der Waals surface area contributed by atoms with Crippen LogP contribution in [0.25, 0.3) is 0 Å². The van der Waals surface area contributed by atoms with Crippen molar-refractivity contribution in [2.75, 3.05) is 30.5 Å². The highest BCUT2D eigenvalue weighted by Gasteiger charge is 2.12. The number of nitrogens with one attached hydrogen (secondary N) is 1. The van der Waals surface area contributed by atoms with Crippen LogP contribution < -0.4 is 5.32 Å². The van der Waals surface area contributed by atoms with Crippen molar-refractivity contribution in [2.24, 2.45) is 0 Å². The minimum absolute atomic E-state index is 0.335. The Balaban J connectivity index is 2.59. The Morgan fingerprint density at radius 1 is 1.56 bits per heavy atom. The van der Waals surface area contributed by atoms with Gasteiger partial charge in [0.1, 0.15) is 11.4 Å². The van der Waals surface area contributed by atoms with Crippen LogP contribution in [-0.4, -0.2) is 40.3 Å². The monoisotopic (exact) mass is 270 g/mol. The van der Waals surface area contributed by atoms with E-state index >= 15 is 0 Å². The minimum atomic E-state index is -0.793. The molecule has 1 aromatic rings. The van der Waals surface area contributed by atoms with Gasteiger partial charge in [-0.25, -0.2) is 9.78 Å². The van der Waals surface area contributed by atoms with Crippen LogP contribution >= 0.6 is 0 Å². The fourth-order valence-corrected chi connectivity index (χ4v) is 1.95. The van der Waals surface area contributed by atoms with Crippen LogP contribution in [0.3, 0.4) is 0 Å². The average molecular weight is 270 g/mol. The Labute approximate surface area is 109 Å². The molecule has 1 atom stereocenters. The number of hydrogen-bond donors (Lipinski definition) is 1. The van der Waals surface area contributed by atoms with Crippen LogP contribution in [0.1, 0.15) is 23.7 Å². The number of nitrogens with zero attached hydrogens (tertiary/aromatic N) is 1. The first-order chi connectivity index (χ1) is 8.65. The fraction of sp³-hybridized carbons (Fsp3) is 0.500. The van der Waals surface area contributed by atoms with Gasteiger partial charge < -0.3 is 10.1 Å². The van der Waals surface area contributed by atoms with Crippen LogP contribution in [0, 0.1) is 0 Å². The molecule has 1 rings (SSSR count). The molecule has 0 saturated carbocycles. The zero-order valence-corrected chi connectivity index (χ0v) is 11.5. The van der Waals surface area contributed by atoms with Gasteiger partial charge in [-0.1, -0.05) is 0 Å². The first-order valence-electron chi connectivity index (χ1n) is 5.81. The Morgan fingerprint density at radius 3 is 3.00 bits per heavy atom. The molecular weight excluding hydrogens is 252 g/mol. The third-order valence-electron chi connectivity index (χ3n) is 2.20. The molecule has 6 heteroatoms. The third kappa shape index (κ3) is 4.83. The topological polar surface area (TPSA) is 68.3 Å². The molecule has 1 N–H and O–H groups in total. The summed E-state index contributed by atoms with van der Waals surface area (Å²) in [6.07, 6.45) is 4.05. The standard InChI is InChI=1S/C12H18N2O3S/c1-3-17-12(15)10-6-4-7-13-11(10)14-8-5-9-18(2)16/h4,6-7H,3,5,8-9H2,1-2H3,(H,13,14). The van der Waals surface area contributed by atoms with Gasteiger partial charge >= 0.3 is 5.97 Å². The van der Waals surface area contributed by atoms with Crippen molar-refractivity contribution in [3.8, 4) is 0 Å². The lowest BCUT2D eigenvalue weighted by Gasteiger charge is -2.09. The lowest BCUT2D eigenvalue weighted by atomic mass is 10.2. The van der Waals surface area contributed by atoms with Crippen molar-refractivity contribution in [1.29, 1.82) is 0 Å². The number of ether oxygens (including phenoxy) is 1. The van der Waals surface area contributed by atoms with Gasteiger partial charge in [0.05, 0.1) is 6.61 Å². The molecule has 1 aromatic heterocycles. The van der Waals surface area contributed by atoms with E-state index in [4.69, 9.17) is 4.74 Å². The predicted octanol–water partition coefficient (Wildman–Crippen LogP) is 1.44. The van der Waals surface area contributed by atoms with Crippen LogP contribution in [0.5, 0.6) is 0 Å². The SMILES string of the molecule is CCOC(=O)c1cccnc1NCCCS(C)=O. The zero-order chi connectivity index (χ0) is 13.4. The zero-order valence-electron chi connectivity index (χ0n) is 10.6. The summed E-state index contributed by atoms with van der Waals surface area (Å²) in [6.45, 7) is 2.73. The van der Waals surface area contributed by atoms with E-state index in [1.54, 1.807) is 31.5 Å². The Morgan fingerprint density at radius 2 is 2.33 bits per heavy atom. The van der Waals surface area contributed by atoms with Gasteiger partial charge in [-0.15, -0.1) is 0 Å². The maximum Gasteiger partial charge on any atom is 0.341 e. The quantitative estimate of drug-likeness (QED) is 0.600. The number of anilines is 1. The van der Waals surface area contributed by atoms with Crippen LogP contribution in [-0.2, 0) is 15.5 Å². The summed E-state index contributed by atoms with van der Waals surface area (Å²) in [5.74, 6) is 0.763. The molecule has 0 saturated heterocycles. The van der Waals surface area contributed by atoms with E-state index in [2.05, 4.69) is 10.3 Å². The molecule has 100 valence electrons. The lowest BCUT2D eigenvalue weighted by Crippen LogP contribution is -2.13. The molecule has 0 aliphatic rings. The summed E-state index contributed by atoms with van der Waals surface area (Å²) in [4.78, 5) is 15.8. The Kier molecular flexibility index (Phi) is 6.35. The summed E-state index contributed by atoms with van der Waals surface area (Å²) in [7, 11) is -0.793. The van der Waals surface area contributed by atoms with E-state index in [9.17, 15) is 9.00 Å². The Bertz CT molecular complexity index is 424. The van der Waals surface area contributed by atoms with Crippen molar-refractivity contribution in [2.45, 2.75) is 13.3 Å². The minimum Gasteiger partial charge on any atom is -0.462 e. The fourth-order valence-electron chi connectivity index (χ4n) is 1.40. The van der Waals surface area contributed by atoms with Gasteiger partial charge in [0.25, 0.3) is 0 Å². The van der Waals surface area contributed by atoms with E-state index in [1.807, 2.05) is 0 Å². The molecule has 0 radical (unpaired) electrons. The van der Waals surface area contributed by atoms with Crippen molar-refractivity contribution in [3.05, 3.63) is 23.9 Å². The van der Waals surface area contributed by atoms with Gasteiger partial charge in [-0.3, -0.25) is 4.21 Å². The second kappa shape index (κ2) is 7.81. The molecule has 1 unspecified atom stereocenters. The number of esters is 1. The molecular formula is C12H18N2O3S. The van der Waals surface area contributed by atoms with Crippen LogP contribution in [0.4, 0.5) is 5.82 Å². The van der Waals surface area contributed by atoms with Crippen molar-refractivity contribution in [1.82, 2.24) is 4.98 Å². The molecule has 0 aromatic carbocycles. The summed E-state index contributed by atoms with van der Waals surface area (Å²) < 4.78 is 15.9. The van der Waals surface area contributed by atoms with E-state index in [1.165, 1.54) is 0 Å². The summed E-state index contributed by atoms with van der Waals surface area (Å²) in [5, 5.41) is 3.06. The number of pyridine rings is 1. The highest BCUT2D eigenvalue weighted by Crippen LogP contribution is 2.12. The molecule has 0 aliphatic carbocycles. The summed E-state index contributed by atoms with van der Waals surface area (Å²) >= 11 is 0. The molecule has 0 fully saturated rings. The number of carbonyl (C=O) groups is 1. The number of hydrogen-bond acceptors (Lipinski definition) is 5. The third-order valence-corrected chi connectivity index (χ3v) is 3.07. The highest BCUT2D eigenvalue weighted by atomic mass is 32.2. The molecule has 0 bridgehead atoms. The van der Waals surface area contributed by atoms with E-state index in [0.717, 1.165) is 6.42 Å². The lowest BCUT2D eigenvalue weighted by molar-refractivity contribution is 0.0527. The van der Waals surface area contributed by atoms with Gasteiger partial charge in [-0.2, -0.15) is 0 Å². The second-order valence-corrected chi connectivity index (χ2v) is 5.23. The highest BCUT2D eigenvalue weighted by molar-refractivity contribution is 7.84. The van der Waals surface area contributed by atoms with Gasteiger partial charge in [0, 0.05) is 35.5 Å². The summed E-state index contributed by atoms with van der Waals surface area (Å²) in [6, 6.07) is 3.36. The van der Waals surface area contributed by atoms with E-state index < -0.39 is 10.8 Å². The average Bonchev–Trinajstić information content (AvgIpc) is 2.35. The first kappa shape index (κ1) is 14.6. The van der Waals surface area contributed by atoms with E-state index in [0.29, 0.717) is 30.3 Å². The normalized spacial score (nSPS) is 11.9. The maximum absolute atomic E-state index is 11.7. The summed E-state index contributed by atoms with van der Waals surface area (Å²) in [5.41, 5.74) is 0.428. The van der Waals surface area contributed by atoms with E-state index in [-0.39, 0.29) is 5.97 Å². The maximum atomic E-state index is 11.7. The predicted molar refractivity (Wildman–Crippen MR) is 72.2 cm³/mol. The second-order valence-electron chi connectivity index (χ2n) is 3.68. The number of rotatable bonds is 7. The van der Waals surface area contributed by atoms with Crippen molar-refractivity contribution < 1.29 is 13.7 Å².